The Balaban J connectivity index is 1.60. The van der Waals surface area contributed by atoms with Crippen molar-refractivity contribution in [2.75, 3.05) is 19.6 Å². The normalized spacial score (nSPS) is 19.1. The molecular weight excluding hydrogens is 434 g/mol. The van der Waals surface area contributed by atoms with Gasteiger partial charge in [-0.1, -0.05) is 12.1 Å². The van der Waals surface area contributed by atoms with Gasteiger partial charge in [-0.2, -0.15) is 0 Å². The molecule has 1 atom stereocenters. The quantitative estimate of drug-likeness (QED) is 0.589. The van der Waals surface area contributed by atoms with Crippen LogP contribution in [0.5, 0.6) is 0 Å². The highest BCUT2D eigenvalue weighted by Gasteiger charge is 2.31. The highest BCUT2D eigenvalue weighted by Crippen LogP contribution is 2.23. The van der Waals surface area contributed by atoms with Crippen LogP contribution in [-0.2, 0) is 20.9 Å². The third-order valence-electron chi connectivity index (χ3n) is 6.21. The van der Waals surface area contributed by atoms with E-state index in [0.29, 0.717) is 25.2 Å². The fourth-order valence-corrected chi connectivity index (χ4v) is 4.41. The van der Waals surface area contributed by atoms with Gasteiger partial charge < -0.3 is 14.5 Å². The van der Waals surface area contributed by atoms with Crippen LogP contribution in [0.1, 0.15) is 76.2 Å². The molecule has 0 bridgehead atoms. The highest BCUT2D eigenvalue weighted by atomic mass is 16.6. The molecule has 0 aliphatic carbocycles. The summed E-state index contributed by atoms with van der Waals surface area (Å²) < 4.78 is 5.58. The van der Waals surface area contributed by atoms with Gasteiger partial charge in [0.25, 0.3) is 5.91 Å². The average molecular weight is 472 g/mol. The Hall–Kier alpha value is -2.90. The second-order valence-corrected chi connectivity index (χ2v) is 10.6. The van der Waals surface area contributed by atoms with Gasteiger partial charge >= 0.3 is 6.09 Å². The molecule has 2 saturated heterocycles. The summed E-state index contributed by atoms with van der Waals surface area (Å²) in [6.45, 7) is 11.6. The topological polar surface area (TPSA) is 87.2 Å². The molecular formula is C26H37N3O5. The lowest BCUT2D eigenvalue weighted by Gasteiger charge is -2.37. The summed E-state index contributed by atoms with van der Waals surface area (Å²) in [6, 6.07) is 7.12. The van der Waals surface area contributed by atoms with Crippen LogP contribution in [-0.4, -0.2) is 69.8 Å². The number of benzene rings is 1. The lowest BCUT2D eigenvalue weighted by molar-refractivity contribution is -0.139. The molecule has 0 saturated carbocycles. The van der Waals surface area contributed by atoms with Gasteiger partial charge in [-0.15, -0.1) is 0 Å². The summed E-state index contributed by atoms with van der Waals surface area (Å²) >= 11 is 0. The van der Waals surface area contributed by atoms with E-state index in [2.05, 4.69) is 0 Å². The molecule has 0 aromatic heterocycles. The zero-order valence-electron chi connectivity index (χ0n) is 21.0. The number of likely N-dealkylation sites (tertiary alicyclic amines) is 2. The predicted octanol–water partition coefficient (Wildman–Crippen LogP) is 3.83. The maximum atomic E-state index is 13.1. The summed E-state index contributed by atoms with van der Waals surface area (Å²) in [5.41, 5.74) is 0.846. The van der Waals surface area contributed by atoms with Crippen molar-refractivity contribution >= 4 is 23.8 Å². The highest BCUT2D eigenvalue weighted by molar-refractivity contribution is 6.01. The first-order valence-corrected chi connectivity index (χ1v) is 12.2. The van der Waals surface area contributed by atoms with Crippen LogP contribution in [0.15, 0.2) is 24.3 Å². The maximum Gasteiger partial charge on any atom is 0.410 e. The van der Waals surface area contributed by atoms with E-state index in [1.54, 1.807) is 29.2 Å². The summed E-state index contributed by atoms with van der Waals surface area (Å²) in [5, 5.41) is 0. The number of carbonyl (C=O) groups is 4. The molecule has 1 aromatic carbocycles. The molecule has 2 fully saturated rings. The number of piperidine rings is 1. The summed E-state index contributed by atoms with van der Waals surface area (Å²) in [6.07, 6.45) is 2.05. The summed E-state index contributed by atoms with van der Waals surface area (Å²) in [5.74, 6) is -0.158. The average Bonchev–Trinajstić information content (AvgIpc) is 3.08. The fourth-order valence-electron chi connectivity index (χ4n) is 4.41. The minimum atomic E-state index is -0.555. The molecule has 0 unspecified atom stereocenters. The number of nitrogens with zero attached hydrogens (tertiary/aromatic N) is 3. The van der Waals surface area contributed by atoms with Crippen molar-refractivity contribution in [1.29, 1.82) is 0 Å². The fraction of sp³-hybridized carbons (Fsp3) is 0.615. The molecule has 2 aliphatic heterocycles. The zero-order valence-corrected chi connectivity index (χ0v) is 21.0. The van der Waals surface area contributed by atoms with E-state index < -0.39 is 5.60 Å². The first-order chi connectivity index (χ1) is 15.9. The lowest BCUT2D eigenvalue weighted by Crippen LogP contribution is -2.48. The second kappa shape index (κ2) is 10.6. The third-order valence-corrected chi connectivity index (χ3v) is 6.21. The van der Waals surface area contributed by atoms with Crippen LogP contribution >= 0.6 is 0 Å². The van der Waals surface area contributed by atoms with E-state index in [1.165, 1.54) is 4.90 Å². The second-order valence-electron chi connectivity index (χ2n) is 10.6. The van der Waals surface area contributed by atoms with Gasteiger partial charge in [0.05, 0.1) is 6.54 Å². The third kappa shape index (κ3) is 6.58. The Labute approximate surface area is 202 Å². The predicted molar refractivity (Wildman–Crippen MR) is 128 cm³/mol. The van der Waals surface area contributed by atoms with E-state index >= 15 is 0 Å². The molecule has 2 aliphatic rings. The molecule has 0 radical (unpaired) electrons. The first-order valence-electron chi connectivity index (χ1n) is 12.2. The van der Waals surface area contributed by atoms with Crippen molar-refractivity contribution in [2.45, 2.75) is 78.5 Å². The molecule has 2 heterocycles. The van der Waals surface area contributed by atoms with Crippen LogP contribution in [0.2, 0.25) is 0 Å². The van der Waals surface area contributed by atoms with Gasteiger partial charge in [0, 0.05) is 44.1 Å². The molecule has 186 valence electrons. The van der Waals surface area contributed by atoms with Gasteiger partial charge in [-0.25, -0.2) is 4.79 Å². The SMILES string of the molecule is CC(C)N(C[C@H]1CCCN(C(=O)c2ccc(CN3C(=O)CCC3=O)cc2)C1)C(=O)OC(C)(C)C. The zero-order chi connectivity index (χ0) is 25.0. The van der Waals surface area contributed by atoms with Crippen molar-refractivity contribution in [1.82, 2.24) is 14.7 Å². The maximum absolute atomic E-state index is 13.1. The number of hydrogen-bond acceptors (Lipinski definition) is 5. The minimum Gasteiger partial charge on any atom is -0.444 e. The van der Waals surface area contributed by atoms with Crippen molar-refractivity contribution < 1.29 is 23.9 Å². The Kier molecular flexibility index (Phi) is 8.00. The van der Waals surface area contributed by atoms with Crippen molar-refractivity contribution in [3.8, 4) is 0 Å². The van der Waals surface area contributed by atoms with E-state index in [-0.39, 0.29) is 55.2 Å². The van der Waals surface area contributed by atoms with Crippen LogP contribution in [0.4, 0.5) is 4.79 Å². The number of imide groups is 1. The van der Waals surface area contributed by atoms with Crippen LogP contribution in [0.3, 0.4) is 0 Å². The van der Waals surface area contributed by atoms with Gasteiger partial charge in [-0.3, -0.25) is 19.3 Å². The Morgan fingerprint density at radius 3 is 2.26 bits per heavy atom. The smallest absolute Gasteiger partial charge is 0.410 e. The minimum absolute atomic E-state index is 0.00263. The number of rotatable bonds is 6. The van der Waals surface area contributed by atoms with Crippen LogP contribution < -0.4 is 0 Å². The molecule has 34 heavy (non-hydrogen) atoms. The molecule has 0 N–H and O–H groups in total. The van der Waals surface area contributed by atoms with Crippen LogP contribution in [0, 0.1) is 5.92 Å². The number of ether oxygens (including phenoxy) is 1. The summed E-state index contributed by atoms with van der Waals surface area (Å²) in [7, 11) is 0. The molecule has 8 heteroatoms. The first kappa shape index (κ1) is 25.7. The largest absolute Gasteiger partial charge is 0.444 e. The monoisotopic (exact) mass is 471 g/mol. The summed E-state index contributed by atoms with van der Waals surface area (Å²) in [4.78, 5) is 54.4. The van der Waals surface area contributed by atoms with E-state index in [9.17, 15) is 19.2 Å². The van der Waals surface area contributed by atoms with E-state index in [4.69, 9.17) is 4.74 Å². The Morgan fingerprint density at radius 1 is 1.09 bits per heavy atom. The van der Waals surface area contributed by atoms with Crippen molar-refractivity contribution in [3.05, 3.63) is 35.4 Å². The van der Waals surface area contributed by atoms with Crippen molar-refractivity contribution in [2.24, 2.45) is 5.92 Å². The molecule has 4 amide bonds. The van der Waals surface area contributed by atoms with Crippen LogP contribution in [0.25, 0.3) is 0 Å². The number of carbonyl (C=O) groups excluding carboxylic acids is 4. The van der Waals surface area contributed by atoms with E-state index in [0.717, 1.165) is 18.4 Å². The van der Waals surface area contributed by atoms with Crippen molar-refractivity contribution in [3.63, 3.8) is 0 Å². The Bertz CT molecular complexity index is 903. The lowest BCUT2D eigenvalue weighted by atomic mass is 9.96. The van der Waals surface area contributed by atoms with Gasteiger partial charge in [-0.05, 0) is 71.1 Å². The molecule has 3 rings (SSSR count). The standard InChI is InChI=1S/C26H37N3O5/c1-18(2)28(25(33)34-26(3,4)5)17-20-7-6-14-27(15-20)24(32)21-10-8-19(9-11-21)16-29-22(30)12-13-23(29)31/h8-11,18,20H,6-7,12-17H2,1-5H3/t20-/m0/s1. The molecule has 8 nitrogen and oxygen atoms in total. The Morgan fingerprint density at radius 2 is 1.71 bits per heavy atom. The number of amides is 4. The van der Waals surface area contributed by atoms with E-state index in [1.807, 2.05) is 39.5 Å². The molecule has 0 spiro atoms. The molecule has 1 aromatic rings. The van der Waals surface area contributed by atoms with Gasteiger partial charge in [0.15, 0.2) is 0 Å². The van der Waals surface area contributed by atoms with Gasteiger partial charge in [0.2, 0.25) is 11.8 Å². The van der Waals surface area contributed by atoms with Gasteiger partial charge in [0.1, 0.15) is 5.60 Å². The number of hydrogen-bond donors (Lipinski definition) is 0.